The zero-order valence-electron chi connectivity index (χ0n) is 8.77. The third kappa shape index (κ3) is 2.78. The fraction of sp³-hybridized carbons (Fsp3) is 0.700. The molecule has 0 aromatic rings. The predicted octanol–water partition coefficient (Wildman–Crippen LogP) is 1.86. The van der Waals surface area contributed by atoms with Crippen molar-refractivity contribution in [3.63, 3.8) is 0 Å². The number of carbonyl (C=O) groups is 1. The topological polar surface area (TPSA) is 20.3 Å². The third-order valence-corrected chi connectivity index (χ3v) is 2.26. The van der Waals surface area contributed by atoms with Crippen LogP contribution in [0.1, 0.15) is 27.2 Å². The first-order valence-corrected chi connectivity index (χ1v) is 4.13. The van der Waals surface area contributed by atoms with Gasteiger partial charge < -0.3 is 0 Å². The fourth-order valence-electron chi connectivity index (χ4n) is 0.740. The van der Waals surface area contributed by atoms with Crippen LogP contribution in [0.15, 0.2) is 12.2 Å². The number of likely N-dealkylation sites (N-methyl/N-ethyl adjacent to an activating group) is 1. The standard InChI is InChI=1S/C10H19NO/c1-8(2)7-9(12)10(3,4)11(5)6/h1,7H2,2-6H3. The van der Waals surface area contributed by atoms with E-state index in [0.29, 0.717) is 6.42 Å². The van der Waals surface area contributed by atoms with E-state index in [9.17, 15) is 4.79 Å². The molecule has 0 amide bonds. The molecule has 0 N–H and O–H groups in total. The average Bonchev–Trinajstić information content (AvgIpc) is 1.85. The molecule has 0 radical (unpaired) electrons. The van der Waals surface area contributed by atoms with Crippen molar-refractivity contribution in [2.24, 2.45) is 0 Å². The summed E-state index contributed by atoms with van der Waals surface area (Å²) in [4.78, 5) is 13.5. The number of nitrogens with zero attached hydrogens (tertiary/aromatic N) is 1. The molecule has 0 aliphatic rings. The minimum Gasteiger partial charge on any atom is -0.298 e. The van der Waals surface area contributed by atoms with Crippen molar-refractivity contribution < 1.29 is 4.79 Å². The Kier molecular flexibility index (Phi) is 3.65. The minimum atomic E-state index is -0.376. The van der Waals surface area contributed by atoms with Gasteiger partial charge in [0.2, 0.25) is 0 Å². The average molecular weight is 169 g/mol. The number of carbonyl (C=O) groups excluding carboxylic acids is 1. The molecule has 2 heteroatoms. The van der Waals surface area contributed by atoms with Crippen LogP contribution in [0, 0.1) is 0 Å². The number of rotatable bonds is 4. The van der Waals surface area contributed by atoms with Gasteiger partial charge in [0.1, 0.15) is 0 Å². The highest BCUT2D eigenvalue weighted by molar-refractivity contribution is 5.89. The van der Waals surface area contributed by atoms with Crippen LogP contribution in [0.5, 0.6) is 0 Å². The van der Waals surface area contributed by atoms with Crippen molar-refractivity contribution in [3.8, 4) is 0 Å². The van der Waals surface area contributed by atoms with Gasteiger partial charge in [0, 0.05) is 6.42 Å². The number of allylic oxidation sites excluding steroid dienone is 1. The molecule has 12 heavy (non-hydrogen) atoms. The Morgan fingerprint density at radius 3 is 2.08 bits per heavy atom. The maximum atomic E-state index is 11.6. The fourth-order valence-corrected chi connectivity index (χ4v) is 0.740. The van der Waals surface area contributed by atoms with Gasteiger partial charge in [-0.2, -0.15) is 0 Å². The van der Waals surface area contributed by atoms with Crippen molar-refractivity contribution >= 4 is 5.78 Å². The Hall–Kier alpha value is -0.630. The summed E-state index contributed by atoms with van der Waals surface area (Å²) >= 11 is 0. The first-order chi connectivity index (χ1) is 5.28. The SMILES string of the molecule is C=C(C)CC(=O)C(C)(C)N(C)C. The summed E-state index contributed by atoms with van der Waals surface area (Å²) in [6.07, 6.45) is 0.477. The van der Waals surface area contributed by atoms with Crippen LogP contribution in [0.25, 0.3) is 0 Å². The van der Waals surface area contributed by atoms with Crippen molar-refractivity contribution in [2.75, 3.05) is 14.1 Å². The molecule has 0 aromatic heterocycles. The lowest BCUT2D eigenvalue weighted by Gasteiger charge is -2.30. The van der Waals surface area contributed by atoms with E-state index in [1.807, 2.05) is 39.8 Å². The molecule has 0 aliphatic heterocycles. The molecule has 0 spiro atoms. The Morgan fingerprint density at radius 2 is 1.83 bits per heavy atom. The second kappa shape index (κ2) is 3.85. The smallest absolute Gasteiger partial charge is 0.156 e. The summed E-state index contributed by atoms with van der Waals surface area (Å²) < 4.78 is 0. The van der Waals surface area contributed by atoms with E-state index in [1.54, 1.807) is 0 Å². The van der Waals surface area contributed by atoms with Gasteiger partial charge in [-0.3, -0.25) is 9.69 Å². The van der Waals surface area contributed by atoms with Gasteiger partial charge in [-0.05, 0) is 34.9 Å². The van der Waals surface area contributed by atoms with Gasteiger partial charge in [-0.15, -0.1) is 0 Å². The van der Waals surface area contributed by atoms with Crippen LogP contribution in [-0.2, 0) is 4.79 Å². The van der Waals surface area contributed by atoms with E-state index in [1.165, 1.54) is 0 Å². The summed E-state index contributed by atoms with van der Waals surface area (Å²) in [5.41, 5.74) is 0.550. The molecule has 0 aliphatic carbocycles. The van der Waals surface area contributed by atoms with E-state index < -0.39 is 0 Å². The molecular formula is C10H19NO. The number of hydrogen-bond acceptors (Lipinski definition) is 2. The van der Waals surface area contributed by atoms with Crippen LogP contribution < -0.4 is 0 Å². The second-order valence-electron chi connectivity index (χ2n) is 4.01. The third-order valence-electron chi connectivity index (χ3n) is 2.26. The first kappa shape index (κ1) is 11.4. The quantitative estimate of drug-likeness (QED) is 0.599. The zero-order chi connectivity index (χ0) is 9.94. The van der Waals surface area contributed by atoms with Crippen LogP contribution in [0.4, 0.5) is 0 Å². The number of Topliss-reactive ketones (excluding diaryl/α,β-unsaturated/α-hetero) is 1. The van der Waals surface area contributed by atoms with Crippen molar-refractivity contribution in [3.05, 3.63) is 12.2 Å². The summed E-state index contributed by atoms with van der Waals surface area (Å²) in [6, 6.07) is 0. The summed E-state index contributed by atoms with van der Waals surface area (Å²) in [5, 5.41) is 0. The lowest BCUT2D eigenvalue weighted by molar-refractivity contribution is -0.127. The van der Waals surface area contributed by atoms with Crippen LogP contribution in [0.3, 0.4) is 0 Å². The highest BCUT2D eigenvalue weighted by Gasteiger charge is 2.28. The normalized spacial score (nSPS) is 11.8. The Labute approximate surface area is 75.3 Å². The van der Waals surface area contributed by atoms with E-state index in [-0.39, 0.29) is 11.3 Å². The lowest BCUT2D eigenvalue weighted by atomic mass is 9.93. The van der Waals surface area contributed by atoms with E-state index >= 15 is 0 Å². The molecule has 0 rings (SSSR count). The van der Waals surface area contributed by atoms with Gasteiger partial charge >= 0.3 is 0 Å². The summed E-state index contributed by atoms with van der Waals surface area (Å²) in [7, 11) is 3.83. The first-order valence-electron chi connectivity index (χ1n) is 4.13. The van der Waals surface area contributed by atoms with E-state index in [4.69, 9.17) is 0 Å². The molecule has 0 fully saturated rings. The van der Waals surface area contributed by atoms with Gasteiger partial charge in [-0.25, -0.2) is 0 Å². The largest absolute Gasteiger partial charge is 0.298 e. The Morgan fingerprint density at radius 1 is 1.42 bits per heavy atom. The van der Waals surface area contributed by atoms with Crippen LogP contribution in [0.2, 0.25) is 0 Å². The summed E-state index contributed by atoms with van der Waals surface area (Å²) in [6.45, 7) is 9.46. The maximum absolute atomic E-state index is 11.6. The molecule has 0 heterocycles. The van der Waals surface area contributed by atoms with Crippen LogP contribution in [-0.4, -0.2) is 30.3 Å². The maximum Gasteiger partial charge on any atom is 0.156 e. The van der Waals surface area contributed by atoms with Crippen molar-refractivity contribution in [1.29, 1.82) is 0 Å². The van der Waals surface area contributed by atoms with Gasteiger partial charge in [0.05, 0.1) is 5.54 Å². The molecular weight excluding hydrogens is 150 g/mol. The van der Waals surface area contributed by atoms with E-state index in [0.717, 1.165) is 5.57 Å². The highest BCUT2D eigenvalue weighted by Crippen LogP contribution is 2.15. The molecule has 0 aromatic carbocycles. The van der Waals surface area contributed by atoms with E-state index in [2.05, 4.69) is 6.58 Å². The van der Waals surface area contributed by atoms with Crippen LogP contribution >= 0.6 is 0 Å². The number of hydrogen-bond donors (Lipinski definition) is 0. The Balaban J connectivity index is 4.36. The van der Waals surface area contributed by atoms with Crippen molar-refractivity contribution in [2.45, 2.75) is 32.7 Å². The molecule has 2 nitrogen and oxygen atoms in total. The monoisotopic (exact) mass is 169 g/mol. The number of ketones is 1. The molecule has 0 saturated heterocycles. The van der Waals surface area contributed by atoms with Crippen molar-refractivity contribution in [1.82, 2.24) is 4.90 Å². The Bertz CT molecular complexity index is 192. The lowest BCUT2D eigenvalue weighted by Crippen LogP contribution is -2.45. The zero-order valence-corrected chi connectivity index (χ0v) is 8.77. The molecule has 0 bridgehead atoms. The molecule has 70 valence electrons. The molecule has 0 saturated carbocycles. The second-order valence-corrected chi connectivity index (χ2v) is 4.01. The van der Waals surface area contributed by atoms with Gasteiger partial charge in [-0.1, -0.05) is 12.2 Å². The highest BCUT2D eigenvalue weighted by atomic mass is 16.1. The predicted molar refractivity (Wildman–Crippen MR) is 52.2 cm³/mol. The summed E-state index contributed by atoms with van der Waals surface area (Å²) in [5.74, 6) is 0.222. The van der Waals surface area contributed by atoms with Gasteiger partial charge in [0.25, 0.3) is 0 Å². The molecule has 0 atom stereocenters. The minimum absolute atomic E-state index is 0.222. The molecule has 0 unspecified atom stereocenters. The van der Waals surface area contributed by atoms with Gasteiger partial charge in [0.15, 0.2) is 5.78 Å².